The van der Waals surface area contributed by atoms with Crippen LogP contribution in [0.25, 0.3) is 0 Å². The van der Waals surface area contributed by atoms with E-state index >= 15 is 0 Å². The Kier molecular flexibility index (Phi) is 2.63. The van der Waals surface area contributed by atoms with Crippen molar-refractivity contribution in [3.05, 3.63) is 28.0 Å². The summed E-state index contributed by atoms with van der Waals surface area (Å²) in [5.74, 6) is -0.793. The lowest BCUT2D eigenvalue weighted by Crippen LogP contribution is -2.15. The lowest BCUT2D eigenvalue weighted by Gasteiger charge is -2.19. The standard InChI is InChI=1S/C9H10BrFO2/c1-9(2,13)5-3-6(10)7(11)4-8(5)12/h3-4,12-13H,1-2H3. The first kappa shape index (κ1) is 10.5. The van der Waals surface area contributed by atoms with E-state index in [1.54, 1.807) is 0 Å². The molecule has 0 saturated heterocycles. The average molecular weight is 249 g/mol. The van der Waals surface area contributed by atoms with E-state index in [0.717, 1.165) is 6.07 Å². The average Bonchev–Trinajstić information content (AvgIpc) is 1.94. The van der Waals surface area contributed by atoms with Gasteiger partial charge in [-0.15, -0.1) is 0 Å². The maximum Gasteiger partial charge on any atom is 0.141 e. The van der Waals surface area contributed by atoms with Gasteiger partial charge in [-0.2, -0.15) is 0 Å². The molecule has 0 aliphatic rings. The molecule has 4 heteroatoms. The van der Waals surface area contributed by atoms with Crippen LogP contribution in [0.15, 0.2) is 16.6 Å². The third-order valence-corrected chi connectivity index (χ3v) is 2.31. The lowest BCUT2D eigenvalue weighted by atomic mass is 9.97. The van der Waals surface area contributed by atoms with Gasteiger partial charge in [-0.1, -0.05) is 0 Å². The van der Waals surface area contributed by atoms with Gasteiger partial charge in [0.25, 0.3) is 0 Å². The normalized spacial score (nSPS) is 11.8. The van der Waals surface area contributed by atoms with Crippen molar-refractivity contribution >= 4 is 15.9 Å². The molecule has 0 bridgehead atoms. The number of rotatable bonds is 1. The van der Waals surface area contributed by atoms with Crippen molar-refractivity contribution in [2.75, 3.05) is 0 Å². The van der Waals surface area contributed by atoms with Crippen LogP contribution in [-0.4, -0.2) is 10.2 Å². The van der Waals surface area contributed by atoms with Crippen LogP contribution in [0.5, 0.6) is 5.75 Å². The summed E-state index contributed by atoms with van der Waals surface area (Å²) >= 11 is 2.98. The molecule has 0 radical (unpaired) electrons. The summed E-state index contributed by atoms with van der Waals surface area (Å²) in [6.45, 7) is 3.04. The monoisotopic (exact) mass is 248 g/mol. The van der Waals surface area contributed by atoms with Crippen molar-refractivity contribution in [1.82, 2.24) is 0 Å². The molecule has 0 heterocycles. The fourth-order valence-electron chi connectivity index (χ4n) is 1.03. The predicted molar refractivity (Wildman–Crippen MR) is 51.0 cm³/mol. The van der Waals surface area contributed by atoms with Gasteiger partial charge in [-0.05, 0) is 35.8 Å². The van der Waals surface area contributed by atoms with Crippen molar-refractivity contribution in [1.29, 1.82) is 0 Å². The molecular weight excluding hydrogens is 239 g/mol. The third-order valence-electron chi connectivity index (χ3n) is 1.70. The second kappa shape index (κ2) is 3.27. The molecule has 0 saturated carbocycles. The van der Waals surface area contributed by atoms with Gasteiger partial charge in [0.15, 0.2) is 0 Å². The third kappa shape index (κ3) is 2.19. The van der Waals surface area contributed by atoms with Crippen LogP contribution in [0.2, 0.25) is 0 Å². The zero-order valence-corrected chi connectivity index (χ0v) is 8.89. The van der Waals surface area contributed by atoms with Gasteiger partial charge in [-0.3, -0.25) is 0 Å². The maximum atomic E-state index is 12.9. The van der Waals surface area contributed by atoms with E-state index in [4.69, 9.17) is 0 Å². The molecule has 0 fully saturated rings. The molecule has 13 heavy (non-hydrogen) atoms. The van der Waals surface area contributed by atoms with Crippen molar-refractivity contribution in [3.63, 3.8) is 0 Å². The van der Waals surface area contributed by atoms with Crippen molar-refractivity contribution < 1.29 is 14.6 Å². The second-order valence-corrected chi connectivity index (χ2v) is 4.20. The topological polar surface area (TPSA) is 40.5 Å². The number of benzene rings is 1. The molecule has 0 spiro atoms. The van der Waals surface area contributed by atoms with E-state index in [0.29, 0.717) is 5.56 Å². The molecule has 0 unspecified atom stereocenters. The van der Waals surface area contributed by atoms with E-state index in [1.165, 1.54) is 19.9 Å². The van der Waals surface area contributed by atoms with Crippen LogP contribution >= 0.6 is 15.9 Å². The summed E-state index contributed by atoms with van der Waals surface area (Å²) in [7, 11) is 0. The molecule has 0 amide bonds. The van der Waals surface area contributed by atoms with Gasteiger partial charge in [0.05, 0.1) is 10.1 Å². The van der Waals surface area contributed by atoms with Gasteiger partial charge in [0.1, 0.15) is 11.6 Å². The Hall–Kier alpha value is -0.610. The Morgan fingerprint density at radius 3 is 2.38 bits per heavy atom. The van der Waals surface area contributed by atoms with E-state index in [-0.39, 0.29) is 10.2 Å². The molecule has 1 aromatic rings. The zero-order chi connectivity index (χ0) is 10.2. The minimum Gasteiger partial charge on any atom is -0.507 e. The Bertz CT molecular complexity index is 331. The Morgan fingerprint density at radius 2 is 1.92 bits per heavy atom. The second-order valence-electron chi connectivity index (χ2n) is 3.34. The highest BCUT2D eigenvalue weighted by atomic mass is 79.9. The lowest BCUT2D eigenvalue weighted by molar-refractivity contribution is 0.0756. The van der Waals surface area contributed by atoms with Crippen molar-refractivity contribution in [3.8, 4) is 5.75 Å². The highest BCUT2D eigenvalue weighted by molar-refractivity contribution is 9.10. The van der Waals surface area contributed by atoms with Crippen LogP contribution in [0.1, 0.15) is 19.4 Å². The first-order valence-electron chi connectivity index (χ1n) is 3.73. The minimum absolute atomic E-state index is 0.224. The summed E-state index contributed by atoms with van der Waals surface area (Å²) in [4.78, 5) is 0. The molecule has 2 N–H and O–H groups in total. The number of aliphatic hydroxyl groups is 1. The molecule has 0 aliphatic carbocycles. The van der Waals surface area contributed by atoms with Crippen LogP contribution in [0.4, 0.5) is 4.39 Å². The highest BCUT2D eigenvalue weighted by Crippen LogP contribution is 2.32. The van der Waals surface area contributed by atoms with Crippen LogP contribution < -0.4 is 0 Å². The molecule has 1 rings (SSSR count). The SMILES string of the molecule is CC(C)(O)c1cc(Br)c(F)cc1O. The Labute approximate surface area is 84.1 Å². The van der Waals surface area contributed by atoms with Crippen molar-refractivity contribution in [2.24, 2.45) is 0 Å². The van der Waals surface area contributed by atoms with E-state index in [2.05, 4.69) is 15.9 Å². The summed E-state index contributed by atoms with van der Waals surface area (Å²) in [6.07, 6.45) is 0. The number of phenols is 1. The summed E-state index contributed by atoms with van der Waals surface area (Å²) in [6, 6.07) is 2.34. The van der Waals surface area contributed by atoms with Crippen LogP contribution in [0, 0.1) is 5.82 Å². The molecule has 0 aromatic heterocycles. The van der Waals surface area contributed by atoms with Crippen LogP contribution in [0.3, 0.4) is 0 Å². The number of phenolic OH excluding ortho intramolecular Hbond substituents is 1. The van der Waals surface area contributed by atoms with Gasteiger partial charge in [-0.25, -0.2) is 4.39 Å². The number of halogens is 2. The number of aromatic hydroxyl groups is 1. The summed E-state index contributed by atoms with van der Waals surface area (Å²) in [5, 5.41) is 18.9. The Balaban J connectivity index is 3.32. The number of hydrogen-bond acceptors (Lipinski definition) is 2. The Morgan fingerprint density at radius 1 is 1.38 bits per heavy atom. The largest absolute Gasteiger partial charge is 0.507 e. The van der Waals surface area contributed by atoms with Gasteiger partial charge < -0.3 is 10.2 Å². The fraction of sp³-hybridized carbons (Fsp3) is 0.333. The van der Waals surface area contributed by atoms with E-state index < -0.39 is 11.4 Å². The van der Waals surface area contributed by atoms with Crippen molar-refractivity contribution in [2.45, 2.75) is 19.4 Å². The minimum atomic E-state index is -1.18. The maximum absolute atomic E-state index is 12.9. The molecule has 72 valence electrons. The van der Waals surface area contributed by atoms with Gasteiger partial charge in [0.2, 0.25) is 0 Å². The van der Waals surface area contributed by atoms with Gasteiger partial charge >= 0.3 is 0 Å². The van der Waals surface area contributed by atoms with E-state index in [1.807, 2.05) is 0 Å². The number of hydrogen-bond donors (Lipinski definition) is 2. The molecular formula is C9H10BrFO2. The molecule has 2 nitrogen and oxygen atoms in total. The zero-order valence-electron chi connectivity index (χ0n) is 7.31. The first-order chi connectivity index (χ1) is 5.82. The van der Waals surface area contributed by atoms with E-state index in [9.17, 15) is 14.6 Å². The molecule has 0 atom stereocenters. The fourth-order valence-corrected chi connectivity index (χ4v) is 1.37. The smallest absolute Gasteiger partial charge is 0.141 e. The summed E-state index contributed by atoms with van der Waals surface area (Å²) < 4.78 is 13.1. The van der Waals surface area contributed by atoms with Gasteiger partial charge in [0, 0.05) is 11.6 Å². The predicted octanol–water partition coefficient (Wildman–Crippen LogP) is 2.52. The molecule has 1 aromatic carbocycles. The quantitative estimate of drug-likeness (QED) is 0.802. The van der Waals surface area contributed by atoms with Crippen LogP contribution in [-0.2, 0) is 5.60 Å². The molecule has 0 aliphatic heterocycles. The summed E-state index contributed by atoms with van der Waals surface area (Å²) in [5.41, 5.74) is -0.888. The first-order valence-corrected chi connectivity index (χ1v) is 4.52. The highest BCUT2D eigenvalue weighted by Gasteiger charge is 2.21.